The van der Waals surface area contributed by atoms with Gasteiger partial charge in [0.05, 0.1) is 12.5 Å². The maximum atomic E-state index is 12.4. The summed E-state index contributed by atoms with van der Waals surface area (Å²) in [6.45, 7) is 11.7. The third-order valence-corrected chi connectivity index (χ3v) is 8.12. The van der Waals surface area contributed by atoms with Crippen LogP contribution in [-0.4, -0.2) is 34.2 Å². The number of aromatic nitrogens is 1. The Labute approximate surface area is 222 Å². The highest BCUT2D eigenvalue weighted by atomic mass is 32.2. The van der Waals surface area contributed by atoms with Crippen LogP contribution in [0.2, 0.25) is 0 Å². The molecular weight excluding hydrogens is 474 g/mol. The number of thiazole rings is 1. The number of amides is 1. The fourth-order valence-corrected chi connectivity index (χ4v) is 5.78. The molecule has 0 spiro atoms. The quantitative estimate of drug-likeness (QED) is 0.0990. The van der Waals surface area contributed by atoms with Crippen LogP contribution < -0.4 is 11.1 Å². The van der Waals surface area contributed by atoms with Gasteiger partial charge in [-0.25, -0.2) is 4.98 Å². The maximum absolute atomic E-state index is 12.4. The molecule has 1 aromatic rings. The average molecular weight is 524 g/mol. The monoisotopic (exact) mass is 523 g/mol. The van der Waals surface area contributed by atoms with E-state index in [1.54, 1.807) is 18.0 Å². The van der Waals surface area contributed by atoms with Crippen LogP contribution in [-0.2, 0) is 9.59 Å². The zero-order chi connectivity index (χ0) is 26.1. The summed E-state index contributed by atoms with van der Waals surface area (Å²) < 4.78 is 0. The van der Waals surface area contributed by atoms with E-state index in [1.165, 1.54) is 68.3 Å². The first kappa shape index (κ1) is 31.7. The number of nitrogens with one attached hydrogen (secondary N) is 1. The largest absolute Gasteiger partial charge is 0.369 e. The van der Waals surface area contributed by atoms with E-state index in [4.69, 9.17) is 5.73 Å². The number of anilines is 1. The van der Waals surface area contributed by atoms with Crippen molar-refractivity contribution in [2.45, 2.75) is 105 Å². The Bertz CT molecular complexity index is 735. The van der Waals surface area contributed by atoms with Gasteiger partial charge in [0.25, 0.3) is 0 Å². The lowest BCUT2D eigenvalue weighted by molar-refractivity contribution is -0.126. The zero-order valence-corrected chi connectivity index (χ0v) is 24.3. The fourth-order valence-electron chi connectivity index (χ4n) is 4.15. The summed E-state index contributed by atoms with van der Waals surface area (Å²) >= 11 is 3.13. The topological polar surface area (TPSA) is 85.1 Å². The van der Waals surface area contributed by atoms with Gasteiger partial charge in [0.1, 0.15) is 0 Å². The van der Waals surface area contributed by atoms with Crippen LogP contribution in [0.5, 0.6) is 0 Å². The third kappa shape index (κ3) is 16.9. The molecule has 1 amide bonds. The molecule has 1 rings (SSSR count). The van der Waals surface area contributed by atoms with Gasteiger partial charge in [-0.15, -0.1) is 11.3 Å². The molecule has 0 fully saturated rings. The van der Waals surface area contributed by atoms with Gasteiger partial charge in [-0.05, 0) is 37.5 Å². The van der Waals surface area contributed by atoms with Crippen molar-refractivity contribution in [2.75, 3.05) is 16.8 Å². The van der Waals surface area contributed by atoms with Crippen molar-refractivity contribution in [2.24, 2.45) is 23.5 Å². The lowest BCUT2D eigenvalue weighted by Crippen LogP contribution is -2.34. The maximum Gasteiger partial charge on any atom is 0.224 e. The predicted octanol–water partition coefficient (Wildman–Crippen LogP) is 7.49. The number of Topliss-reactive ketones (excluding diaryl/α,β-unsaturated/α-hetero) is 1. The standard InChI is InChI=1S/C28H49N3O2S2/c1-21(2)9-6-10-22(3)11-7-12-23(4)13-8-14-24(5)15-17-34-20-25(26(32)19-27(29)33)31-28-30-16-18-35-28/h15-16,18,21-23,25H,6-14,17,19-20H2,1-5H3,(H2,29,33)(H,30,31)/b24-15+. The van der Waals surface area contributed by atoms with Crippen molar-refractivity contribution in [1.29, 1.82) is 0 Å². The van der Waals surface area contributed by atoms with Gasteiger partial charge in [-0.2, -0.15) is 11.8 Å². The highest BCUT2D eigenvalue weighted by molar-refractivity contribution is 7.99. The summed E-state index contributed by atoms with van der Waals surface area (Å²) in [5.41, 5.74) is 6.63. The molecule has 1 aromatic heterocycles. The molecule has 35 heavy (non-hydrogen) atoms. The Balaban J connectivity index is 2.22. The van der Waals surface area contributed by atoms with Crippen LogP contribution >= 0.6 is 23.1 Å². The Morgan fingerprint density at radius 1 is 1.06 bits per heavy atom. The summed E-state index contributed by atoms with van der Waals surface area (Å²) in [4.78, 5) is 27.7. The molecule has 3 atom stereocenters. The second kappa shape index (κ2) is 18.9. The number of thioether (sulfide) groups is 1. The predicted molar refractivity (Wildman–Crippen MR) is 154 cm³/mol. The number of primary amides is 1. The van der Waals surface area contributed by atoms with Crippen LogP contribution in [0.25, 0.3) is 0 Å². The van der Waals surface area contributed by atoms with E-state index in [1.807, 2.05) is 5.38 Å². The molecular formula is C28H49N3O2S2. The van der Waals surface area contributed by atoms with E-state index in [0.29, 0.717) is 10.9 Å². The van der Waals surface area contributed by atoms with Crippen molar-refractivity contribution in [3.05, 3.63) is 23.2 Å². The van der Waals surface area contributed by atoms with E-state index in [0.717, 1.165) is 29.9 Å². The van der Waals surface area contributed by atoms with Crippen LogP contribution in [0.15, 0.2) is 23.2 Å². The highest BCUT2D eigenvalue weighted by Gasteiger charge is 2.20. The van der Waals surface area contributed by atoms with Crippen LogP contribution in [0.3, 0.4) is 0 Å². The number of carbonyl (C=O) groups excluding carboxylic acids is 2. The highest BCUT2D eigenvalue weighted by Crippen LogP contribution is 2.22. The van der Waals surface area contributed by atoms with Crippen molar-refractivity contribution < 1.29 is 9.59 Å². The SMILES string of the molecule is C/C(=C\CSCC(Nc1nccs1)C(=O)CC(N)=O)CCCC(C)CCCC(C)CCCC(C)C. The lowest BCUT2D eigenvalue weighted by Gasteiger charge is -2.16. The van der Waals surface area contributed by atoms with Gasteiger partial charge < -0.3 is 11.1 Å². The van der Waals surface area contributed by atoms with E-state index in [9.17, 15) is 9.59 Å². The van der Waals surface area contributed by atoms with Crippen LogP contribution in [0, 0.1) is 17.8 Å². The number of carbonyl (C=O) groups is 2. The molecule has 0 aliphatic heterocycles. The molecule has 0 bridgehead atoms. The second-order valence-electron chi connectivity index (χ2n) is 10.6. The van der Waals surface area contributed by atoms with Gasteiger partial charge >= 0.3 is 0 Å². The smallest absolute Gasteiger partial charge is 0.224 e. The van der Waals surface area contributed by atoms with Gasteiger partial charge in [0.15, 0.2) is 10.9 Å². The molecule has 7 heteroatoms. The fraction of sp³-hybridized carbons (Fsp3) is 0.750. The van der Waals surface area contributed by atoms with E-state index in [2.05, 4.69) is 51.0 Å². The molecule has 3 N–H and O–H groups in total. The van der Waals surface area contributed by atoms with Crippen LogP contribution in [0.1, 0.15) is 98.8 Å². The number of rotatable bonds is 21. The van der Waals surface area contributed by atoms with Crippen LogP contribution in [0.4, 0.5) is 5.13 Å². The number of nitrogens with zero attached hydrogens (tertiary/aromatic N) is 1. The van der Waals surface area contributed by atoms with Gasteiger partial charge in [-0.1, -0.05) is 84.3 Å². The van der Waals surface area contributed by atoms with Gasteiger partial charge in [0.2, 0.25) is 5.91 Å². The van der Waals surface area contributed by atoms with E-state index in [-0.39, 0.29) is 12.2 Å². The summed E-state index contributed by atoms with van der Waals surface area (Å²) in [6, 6.07) is -0.453. The first-order chi connectivity index (χ1) is 16.7. The first-order valence-electron chi connectivity index (χ1n) is 13.4. The average Bonchev–Trinajstić information content (AvgIpc) is 3.28. The number of ketones is 1. The minimum atomic E-state index is -0.591. The Kier molecular flexibility index (Phi) is 17.1. The van der Waals surface area contributed by atoms with E-state index < -0.39 is 11.9 Å². The molecule has 0 aliphatic rings. The van der Waals surface area contributed by atoms with Crippen molar-refractivity contribution >= 4 is 39.9 Å². The summed E-state index contributed by atoms with van der Waals surface area (Å²) in [5, 5.41) is 5.69. The molecule has 0 radical (unpaired) electrons. The second-order valence-corrected chi connectivity index (χ2v) is 12.6. The summed E-state index contributed by atoms with van der Waals surface area (Å²) in [5.74, 6) is 3.17. The number of hydrogen-bond donors (Lipinski definition) is 2. The van der Waals surface area contributed by atoms with Crippen molar-refractivity contribution in [1.82, 2.24) is 4.98 Å². The van der Waals surface area contributed by atoms with Crippen molar-refractivity contribution in [3.63, 3.8) is 0 Å². The van der Waals surface area contributed by atoms with Gasteiger partial charge in [-0.3, -0.25) is 9.59 Å². The molecule has 1 heterocycles. The molecule has 0 saturated heterocycles. The molecule has 5 nitrogen and oxygen atoms in total. The first-order valence-corrected chi connectivity index (χ1v) is 15.4. The normalized spacial score (nSPS) is 14.6. The number of allylic oxidation sites excluding steroid dienone is 1. The molecule has 200 valence electrons. The molecule has 0 aliphatic carbocycles. The molecule has 0 saturated carbocycles. The Hall–Kier alpha value is -1.34. The summed E-state index contributed by atoms with van der Waals surface area (Å²) in [6.07, 6.45) is 15.6. The Morgan fingerprint density at radius 2 is 1.69 bits per heavy atom. The van der Waals surface area contributed by atoms with Crippen molar-refractivity contribution in [3.8, 4) is 0 Å². The van der Waals surface area contributed by atoms with Gasteiger partial charge in [0, 0.05) is 23.1 Å². The summed E-state index contributed by atoms with van der Waals surface area (Å²) in [7, 11) is 0. The molecule has 3 unspecified atom stereocenters. The van der Waals surface area contributed by atoms with E-state index >= 15 is 0 Å². The number of nitrogens with two attached hydrogens (primary N) is 1. The minimum absolute atomic E-state index is 0.181. The molecule has 0 aromatic carbocycles. The zero-order valence-electron chi connectivity index (χ0n) is 22.7. The number of hydrogen-bond acceptors (Lipinski definition) is 6. The third-order valence-electron chi connectivity index (χ3n) is 6.44. The Morgan fingerprint density at radius 3 is 2.26 bits per heavy atom. The lowest BCUT2D eigenvalue weighted by atomic mass is 9.91. The minimum Gasteiger partial charge on any atom is -0.369 e.